The van der Waals surface area contributed by atoms with Gasteiger partial charge in [0.25, 0.3) is 0 Å². The molecule has 18 rings (SSSR count). The number of hydrogen-bond donors (Lipinski definition) is 0. The van der Waals surface area contributed by atoms with Gasteiger partial charge in [0.2, 0.25) is 0 Å². The smallest absolute Gasteiger partial charge is 0.311 e. The minimum atomic E-state index is -0.454. The summed E-state index contributed by atoms with van der Waals surface area (Å²) >= 11 is 0. The van der Waals surface area contributed by atoms with Crippen molar-refractivity contribution < 1.29 is 57.2 Å². The van der Waals surface area contributed by atoms with E-state index < -0.39 is 5.41 Å². The minimum Gasteiger partial charge on any atom is -0.462 e. The van der Waals surface area contributed by atoms with Gasteiger partial charge in [-0.3, -0.25) is 28.8 Å². The molecular weight excluding hydrogens is 1090 g/mol. The molecule has 12 heteroatoms. The maximum atomic E-state index is 13.5. The van der Waals surface area contributed by atoms with E-state index >= 15 is 0 Å². The van der Waals surface area contributed by atoms with Gasteiger partial charge in [0.1, 0.15) is 35.1 Å². The zero-order valence-electron chi connectivity index (χ0n) is 55.4. The number of carbonyl (C=O) groups excluding carboxylic acids is 6. The summed E-state index contributed by atoms with van der Waals surface area (Å²) in [6.07, 6.45) is 32.0. The number of carbonyl (C=O) groups is 6. The number of rotatable bonds is 17. The van der Waals surface area contributed by atoms with Gasteiger partial charge in [0, 0.05) is 17.8 Å². The number of hydrogen-bond acceptors (Lipinski definition) is 12. The van der Waals surface area contributed by atoms with Crippen LogP contribution < -0.4 is 0 Å². The van der Waals surface area contributed by atoms with Crippen LogP contribution in [0, 0.1) is 142 Å². The molecule has 0 aromatic heterocycles. The van der Waals surface area contributed by atoms with Gasteiger partial charge in [-0.2, -0.15) is 0 Å². The van der Waals surface area contributed by atoms with Crippen molar-refractivity contribution >= 4 is 35.8 Å². The first kappa shape index (κ1) is 62.6. The lowest BCUT2D eigenvalue weighted by molar-refractivity contribution is -0.217. The molecule has 0 aromatic rings. The first-order valence-corrected chi connectivity index (χ1v) is 36.9. The van der Waals surface area contributed by atoms with E-state index in [1.165, 1.54) is 96.3 Å². The van der Waals surface area contributed by atoms with E-state index in [1.807, 2.05) is 48.5 Å². The van der Waals surface area contributed by atoms with Crippen molar-refractivity contribution in [2.24, 2.45) is 142 Å². The molecule has 18 aliphatic carbocycles. The second kappa shape index (κ2) is 24.1. The van der Waals surface area contributed by atoms with Crippen molar-refractivity contribution in [2.45, 2.75) is 291 Å². The molecule has 12 nitrogen and oxygen atoms in total. The lowest BCUT2D eigenvalue weighted by Crippen LogP contribution is -2.60. The average molecular weight is 1210 g/mol. The average Bonchev–Trinajstić information content (AvgIpc) is 1.67. The van der Waals surface area contributed by atoms with Crippen LogP contribution >= 0.6 is 0 Å². The Morgan fingerprint density at radius 3 is 0.954 bits per heavy atom. The van der Waals surface area contributed by atoms with E-state index in [2.05, 4.69) is 20.8 Å². The lowest BCUT2D eigenvalue weighted by atomic mass is 9.49. The van der Waals surface area contributed by atoms with E-state index in [1.54, 1.807) is 0 Å². The monoisotopic (exact) mass is 1210 g/mol. The van der Waals surface area contributed by atoms with Crippen molar-refractivity contribution in [2.75, 3.05) is 0 Å². The molecule has 0 amide bonds. The Bertz CT molecular complexity index is 2500. The third-order valence-corrected chi connectivity index (χ3v) is 29.2. The molecule has 0 aromatic carbocycles. The first-order chi connectivity index (χ1) is 41.5. The van der Waals surface area contributed by atoms with Crippen molar-refractivity contribution in [3.63, 3.8) is 0 Å². The van der Waals surface area contributed by atoms with Crippen LogP contribution in [0.4, 0.5) is 0 Å². The topological polar surface area (TPSA) is 158 Å². The summed E-state index contributed by atoms with van der Waals surface area (Å²) in [5.41, 5.74) is -1.14. The van der Waals surface area contributed by atoms with Crippen LogP contribution in [-0.4, -0.2) is 70.9 Å². The highest BCUT2D eigenvalue weighted by molar-refractivity contribution is 5.78. The van der Waals surface area contributed by atoms with Crippen molar-refractivity contribution in [1.29, 1.82) is 0 Å². The Labute approximate surface area is 522 Å². The van der Waals surface area contributed by atoms with E-state index in [-0.39, 0.29) is 118 Å². The number of esters is 6. The van der Waals surface area contributed by atoms with Crippen LogP contribution in [0.15, 0.2) is 0 Å². The summed E-state index contributed by atoms with van der Waals surface area (Å²) in [7, 11) is 0. The fraction of sp³-hybridized carbons (Fsp3) is 0.920. The van der Waals surface area contributed by atoms with E-state index in [9.17, 15) is 28.8 Å². The number of ether oxygens (including phenoxy) is 6. The molecular formula is C75H114O12. The zero-order chi connectivity index (χ0) is 61.2. The highest BCUT2D eigenvalue weighted by Gasteiger charge is 2.64. The van der Waals surface area contributed by atoms with Crippen LogP contribution in [0.1, 0.15) is 255 Å². The Morgan fingerprint density at radius 1 is 0.379 bits per heavy atom. The predicted molar refractivity (Wildman–Crippen MR) is 329 cm³/mol. The molecule has 14 atom stereocenters. The largest absolute Gasteiger partial charge is 0.462 e. The Hall–Kier alpha value is -3.18. The second-order valence-electron chi connectivity index (χ2n) is 34.3. The molecule has 486 valence electrons. The minimum absolute atomic E-state index is 0.00626. The molecule has 0 spiro atoms. The fourth-order valence-corrected chi connectivity index (χ4v) is 24.1. The molecule has 0 N–H and O–H groups in total. The van der Waals surface area contributed by atoms with Gasteiger partial charge in [0.05, 0.1) is 35.0 Å². The van der Waals surface area contributed by atoms with E-state index in [0.717, 1.165) is 125 Å². The van der Waals surface area contributed by atoms with Crippen LogP contribution in [0.5, 0.6) is 0 Å². The molecule has 18 bridgehead atoms. The van der Waals surface area contributed by atoms with Crippen LogP contribution in [-0.2, 0) is 57.2 Å². The van der Waals surface area contributed by atoms with Crippen LogP contribution in [0.25, 0.3) is 0 Å². The summed E-state index contributed by atoms with van der Waals surface area (Å²) in [4.78, 5) is 77.5. The molecule has 18 saturated carbocycles. The summed E-state index contributed by atoms with van der Waals surface area (Å²) in [6, 6.07) is 0. The van der Waals surface area contributed by atoms with Crippen LogP contribution in [0.2, 0.25) is 0 Å². The highest BCUT2D eigenvalue weighted by Crippen LogP contribution is 2.65. The Morgan fingerprint density at radius 2 is 0.667 bits per heavy atom. The van der Waals surface area contributed by atoms with Crippen LogP contribution in [0.3, 0.4) is 0 Å². The summed E-state index contributed by atoms with van der Waals surface area (Å²) in [5, 5.41) is 0. The first-order valence-electron chi connectivity index (χ1n) is 36.9. The van der Waals surface area contributed by atoms with Gasteiger partial charge in [-0.05, 0) is 296 Å². The molecule has 18 fully saturated rings. The Balaban J connectivity index is 0.000000121. The third-order valence-electron chi connectivity index (χ3n) is 29.2. The predicted octanol–water partition coefficient (Wildman–Crippen LogP) is 15.4. The maximum absolute atomic E-state index is 13.5. The normalized spacial score (nSPS) is 47.8. The summed E-state index contributed by atoms with van der Waals surface area (Å²) in [6.45, 7) is 20.5. The summed E-state index contributed by atoms with van der Waals surface area (Å²) in [5.74, 6) is 10.1. The number of fused-ring (bicyclic) bond motifs is 6. The quantitative estimate of drug-likeness (QED) is 0.100. The SMILES string of the molecule is CCC(C)(C)C(=O)OC1CC2CC(C(=O)OC3(CC)C4CC5CC(C4)CC3C5)C1C2.CCC(C)C(=O)OC1CC2CC(C(=O)OC3(C)C4CC5CC(C4)CC3C5)C1C2.CCC(C)C(=O)OC1CC2CC(C(=O)OC3(CC)C4CC5CC(C4)CC3C5)C1C2. The van der Waals surface area contributed by atoms with Gasteiger partial charge < -0.3 is 28.4 Å². The lowest BCUT2D eigenvalue weighted by Gasteiger charge is -2.60. The fourth-order valence-electron chi connectivity index (χ4n) is 24.1. The summed E-state index contributed by atoms with van der Waals surface area (Å²) < 4.78 is 37.2. The van der Waals surface area contributed by atoms with Gasteiger partial charge in [-0.25, -0.2) is 0 Å². The Kier molecular flexibility index (Phi) is 17.3. The van der Waals surface area contributed by atoms with Gasteiger partial charge in [-0.1, -0.05) is 48.5 Å². The van der Waals surface area contributed by atoms with Crippen molar-refractivity contribution in [3.8, 4) is 0 Å². The standard InChI is InChI=1S/C26H40O4.C25H38O4.C24H36O4/c1-5-25(3,4)24(28)29-22-14-17-12-20(22)21(13-17)23(27)30-26(6-2)18-8-15-7-16(10-18)11-19(26)9-15;1-4-14(3)23(26)28-22-13-17-11-20(22)21(12-17)24(27)29-25(5-2)18-7-15-6-16(9-18)10-19(25)8-15;1-4-13(2)22(25)27-21-12-16-10-19(21)20(11-16)23(26)28-24(3)17-6-14-5-15(8-17)9-18(24)7-14/h15-22H,5-14H2,1-4H3;14-22H,4-13H2,1-3H3;13-21H,4-12H2,1-3H3. The zero-order valence-corrected chi connectivity index (χ0v) is 55.4. The molecule has 0 heterocycles. The molecule has 14 unspecified atom stereocenters. The van der Waals surface area contributed by atoms with Gasteiger partial charge >= 0.3 is 35.8 Å². The van der Waals surface area contributed by atoms with Gasteiger partial charge in [0.15, 0.2) is 0 Å². The molecule has 87 heavy (non-hydrogen) atoms. The molecule has 0 aliphatic heterocycles. The highest BCUT2D eigenvalue weighted by atomic mass is 16.6. The van der Waals surface area contributed by atoms with Crippen molar-refractivity contribution in [1.82, 2.24) is 0 Å². The van der Waals surface area contributed by atoms with E-state index in [4.69, 9.17) is 28.4 Å². The van der Waals surface area contributed by atoms with E-state index in [0.29, 0.717) is 53.3 Å². The molecule has 18 aliphatic rings. The maximum Gasteiger partial charge on any atom is 0.311 e. The molecule has 0 saturated heterocycles. The van der Waals surface area contributed by atoms with Gasteiger partial charge in [-0.15, -0.1) is 0 Å². The van der Waals surface area contributed by atoms with Crippen molar-refractivity contribution in [3.05, 3.63) is 0 Å². The molecule has 0 radical (unpaired) electrons. The third kappa shape index (κ3) is 11.3. The second-order valence-corrected chi connectivity index (χ2v) is 34.3.